The van der Waals surface area contributed by atoms with Gasteiger partial charge in [0, 0.05) is 12.0 Å². The van der Waals surface area contributed by atoms with Gasteiger partial charge in [0.1, 0.15) is 23.9 Å². The fourth-order valence-electron chi connectivity index (χ4n) is 4.48. The van der Waals surface area contributed by atoms with Crippen molar-refractivity contribution in [2.45, 2.75) is 84.2 Å². The van der Waals surface area contributed by atoms with Gasteiger partial charge in [0.25, 0.3) is 0 Å². The minimum Gasteiger partial charge on any atom is -0.497 e. The Morgan fingerprint density at radius 2 is 1.62 bits per heavy atom. The number of methoxy groups -OCH3 is 1. The smallest absolute Gasteiger partial charge is 0.192 e. The van der Waals surface area contributed by atoms with Gasteiger partial charge in [-0.3, -0.25) is 4.79 Å². The second kappa shape index (κ2) is 14.1. The maximum Gasteiger partial charge on any atom is 0.192 e. The van der Waals surface area contributed by atoms with E-state index in [1.165, 1.54) is 12.1 Å². The van der Waals surface area contributed by atoms with Crippen LogP contribution in [0, 0.1) is 11.7 Å². The molecule has 3 rings (SSSR count). The van der Waals surface area contributed by atoms with Crippen molar-refractivity contribution in [3.8, 4) is 11.5 Å². The van der Waals surface area contributed by atoms with Crippen LogP contribution in [0.4, 0.5) is 4.39 Å². The van der Waals surface area contributed by atoms with E-state index < -0.39 is 8.32 Å². The van der Waals surface area contributed by atoms with Crippen LogP contribution in [0.5, 0.6) is 11.5 Å². The van der Waals surface area contributed by atoms with E-state index >= 15 is 0 Å². The molecule has 0 saturated heterocycles. The fraction of sp³-hybridized carbons (Fsp3) is 0.441. The lowest BCUT2D eigenvalue weighted by Crippen LogP contribution is -2.41. The van der Waals surface area contributed by atoms with Crippen LogP contribution in [0.15, 0.2) is 72.8 Å². The number of hydrogen-bond acceptors (Lipinski definition) is 4. The van der Waals surface area contributed by atoms with Crippen LogP contribution in [-0.2, 0) is 11.0 Å². The summed E-state index contributed by atoms with van der Waals surface area (Å²) in [5.74, 6) is 0.872. The molecule has 1 unspecified atom stereocenters. The molecule has 0 radical (unpaired) electrons. The van der Waals surface area contributed by atoms with E-state index in [0.29, 0.717) is 23.7 Å². The molecule has 0 aliphatic rings. The van der Waals surface area contributed by atoms with Crippen molar-refractivity contribution in [1.29, 1.82) is 0 Å². The summed E-state index contributed by atoms with van der Waals surface area (Å²) in [6, 6.07) is 22.0. The Morgan fingerprint density at radius 3 is 2.23 bits per heavy atom. The number of Topliss-reactive ketones (excluding diaryl/α,β-unsaturated/α-hetero) is 1. The van der Waals surface area contributed by atoms with Crippen molar-refractivity contribution in [3.63, 3.8) is 0 Å². The summed E-state index contributed by atoms with van der Waals surface area (Å²) in [7, 11) is -0.460. The van der Waals surface area contributed by atoms with Crippen molar-refractivity contribution in [2.24, 2.45) is 5.92 Å². The highest BCUT2D eigenvalue weighted by molar-refractivity contribution is 6.74. The lowest BCUT2D eigenvalue weighted by Gasteiger charge is -2.39. The molecule has 0 fully saturated rings. The monoisotopic (exact) mass is 564 g/mol. The second-order valence-electron chi connectivity index (χ2n) is 12.0. The average Bonchev–Trinajstić information content (AvgIpc) is 2.93. The number of benzene rings is 3. The van der Waals surface area contributed by atoms with E-state index in [1.54, 1.807) is 13.2 Å². The maximum atomic E-state index is 13.8. The van der Waals surface area contributed by atoms with E-state index in [4.69, 9.17) is 13.9 Å². The molecule has 0 aromatic heterocycles. The Bertz CT molecular complexity index is 1220. The Labute approximate surface area is 241 Å². The molecular weight excluding hydrogens is 519 g/mol. The minimum absolute atomic E-state index is 0.0533. The Kier molecular flexibility index (Phi) is 11.1. The Morgan fingerprint density at radius 1 is 0.950 bits per heavy atom. The summed E-state index contributed by atoms with van der Waals surface area (Å²) in [5.41, 5.74) is 2.60. The lowest BCUT2D eigenvalue weighted by atomic mass is 9.89. The first kappa shape index (κ1) is 31.6. The van der Waals surface area contributed by atoms with Crippen LogP contribution in [0.3, 0.4) is 0 Å². The minimum atomic E-state index is -2.07. The first-order chi connectivity index (χ1) is 18.9. The number of ether oxygens (including phenoxy) is 2. The highest BCUT2D eigenvalue weighted by Gasteiger charge is 2.39. The average molecular weight is 565 g/mol. The van der Waals surface area contributed by atoms with Crippen LogP contribution >= 0.6 is 0 Å². The van der Waals surface area contributed by atoms with Gasteiger partial charge in [0.2, 0.25) is 0 Å². The molecule has 4 nitrogen and oxygen atoms in total. The quantitative estimate of drug-likeness (QED) is 0.144. The lowest BCUT2D eigenvalue weighted by molar-refractivity contribution is 0.0897. The van der Waals surface area contributed by atoms with E-state index in [-0.39, 0.29) is 28.7 Å². The van der Waals surface area contributed by atoms with Gasteiger partial charge in [-0.2, -0.15) is 0 Å². The molecule has 0 heterocycles. The van der Waals surface area contributed by atoms with Gasteiger partial charge < -0.3 is 13.9 Å². The van der Waals surface area contributed by atoms with Gasteiger partial charge in [-0.25, -0.2) is 4.39 Å². The summed E-state index contributed by atoms with van der Waals surface area (Å²) < 4.78 is 32.0. The number of rotatable bonds is 14. The molecule has 0 aliphatic heterocycles. The zero-order chi connectivity index (χ0) is 29.3. The van der Waals surface area contributed by atoms with Crippen LogP contribution in [-0.4, -0.2) is 21.2 Å². The number of carbonyl (C=O) groups excluding carboxylic acids is 1. The van der Waals surface area contributed by atoms with Gasteiger partial charge in [0.05, 0.1) is 18.8 Å². The zero-order valence-corrected chi connectivity index (χ0v) is 26.1. The third kappa shape index (κ3) is 8.52. The largest absolute Gasteiger partial charge is 0.497 e. The molecule has 3 aromatic rings. The van der Waals surface area contributed by atoms with E-state index in [0.717, 1.165) is 36.8 Å². The van der Waals surface area contributed by atoms with Crippen molar-refractivity contribution in [1.82, 2.24) is 0 Å². The van der Waals surface area contributed by atoms with Crippen LogP contribution < -0.4 is 9.47 Å². The maximum absolute atomic E-state index is 13.8. The highest BCUT2D eigenvalue weighted by atomic mass is 28.4. The molecule has 6 heteroatoms. The van der Waals surface area contributed by atoms with Gasteiger partial charge in [0.15, 0.2) is 14.1 Å². The highest BCUT2D eigenvalue weighted by Crippen LogP contribution is 2.41. The number of halogens is 1. The van der Waals surface area contributed by atoms with Gasteiger partial charge in [-0.15, -0.1) is 0 Å². The molecule has 0 N–H and O–H groups in total. The third-order valence-corrected chi connectivity index (χ3v) is 12.5. The zero-order valence-electron chi connectivity index (χ0n) is 25.1. The molecule has 0 amide bonds. The molecule has 40 heavy (non-hydrogen) atoms. The van der Waals surface area contributed by atoms with E-state index in [1.807, 2.05) is 54.6 Å². The third-order valence-electron chi connectivity index (χ3n) is 8.06. The summed E-state index contributed by atoms with van der Waals surface area (Å²) in [6.07, 6.45) is 2.91. The SMILES string of the molecule is CCC(CCC[C@H](O[Si](C)(C)C(C)(C)C)c1ccc(F)cc1)C(=O)c1ccc(OC)cc1OCc1ccccc1. The predicted octanol–water partition coefficient (Wildman–Crippen LogP) is 9.56. The van der Waals surface area contributed by atoms with Crippen molar-refractivity contribution in [3.05, 3.63) is 95.3 Å². The van der Waals surface area contributed by atoms with Crippen molar-refractivity contribution < 1.29 is 23.1 Å². The first-order valence-corrected chi connectivity index (χ1v) is 17.2. The second-order valence-corrected chi connectivity index (χ2v) is 16.7. The van der Waals surface area contributed by atoms with Crippen LogP contribution in [0.2, 0.25) is 18.1 Å². The van der Waals surface area contributed by atoms with Gasteiger partial charge in [-0.05, 0) is 79.2 Å². The summed E-state index contributed by atoms with van der Waals surface area (Å²) >= 11 is 0. The van der Waals surface area contributed by atoms with Crippen LogP contribution in [0.1, 0.15) is 81.0 Å². The molecular formula is C34H45FO4Si. The molecule has 0 spiro atoms. The Hall–Kier alpha value is -2.96. The van der Waals surface area contributed by atoms with E-state index in [9.17, 15) is 9.18 Å². The molecule has 0 saturated carbocycles. The first-order valence-electron chi connectivity index (χ1n) is 14.3. The van der Waals surface area contributed by atoms with Crippen molar-refractivity contribution in [2.75, 3.05) is 7.11 Å². The summed E-state index contributed by atoms with van der Waals surface area (Å²) in [4.78, 5) is 13.8. The van der Waals surface area contributed by atoms with Gasteiger partial charge in [-0.1, -0.05) is 70.2 Å². The van der Waals surface area contributed by atoms with Crippen LogP contribution in [0.25, 0.3) is 0 Å². The Balaban J connectivity index is 1.74. The number of carbonyl (C=O) groups is 1. The number of ketones is 1. The fourth-order valence-corrected chi connectivity index (χ4v) is 5.80. The molecule has 3 aromatic carbocycles. The molecule has 216 valence electrons. The van der Waals surface area contributed by atoms with Crippen molar-refractivity contribution >= 4 is 14.1 Å². The van der Waals surface area contributed by atoms with Gasteiger partial charge >= 0.3 is 0 Å². The normalized spacial score (nSPS) is 13.5. The standard InChI is InChI=1S/C34H45FO4Si/c1-8-26(15-12-16-31(27-17-19-28(35)20-18-27)39-40(6,7)34(2,3)4)33(36)30-22-21-29(37-5)23-32(30)38-24-25-13-10-9-11-14-25/h9-11,13-14,17-23,26,31H,8,12,15-16,24H2,1-7H3/t26?,31-/m0/s1. The summed E-state index contributed by atoms with van der Waals surface area (Å²) in [5, 5.41) is 0.0533. The predicted molar refractivity (Wildman–Crippen MR) is 163 cm³/mol. The molecule has 2 atom stereocenters. The summed E-state index contributed by atoms with van der Waals surface area (Å²) in [6.45, 7) is 13.6. The topological polar surface area (TPSA) is 44.8 Å². The number of hydrogen-bond donors (Lipinski definition) is 0. The molecule has 0 aliphatic carbocycles. The molecule has 0 bridgehead atoms. The van der Waals surface area contributed by atoms with E-state index in [2.05, 4.69) is 40.8 Å².